The average molecular weight is 413 g/mol. The first kappa shape index (κ1) is 22.2. The van der Waals surface area contributed by atoms with E-state index in [9.17, 15) is 0 Å². The Kier molecular flexibility index (Phi) is 7.88. The maximum absolute atomic E-state index is 9.13. The van der Waals surface area contributed by atoms with E-state index in [2.05, 4.69) is 51.3 Å². The zero-order valence-corrected chi connectivity index (χ0v) is 18.3. The minimum Gasteiger partial charge on any atom is -0.492 e. The van der Waals surface area contributed by atoms with Crippen LogP contribution in [0.5, 0.6) is 5.75 Å². The van der Waals surface area contributed by atoms with Crippen LogP contribution in [0.1, 0.15) is 23.6 Å². The minimum absolute atomic E-state index is 0.335. The lowest BCUT2D eigenvalue weighted by molar-refractivity contribution is 0.261. The fourth-order valence-electron chi connectivity index (χ4n) is 3.49. The first-order valence-electron chi connectivity index (χ1n) is 10.4. The van der Waals surface area contributed by atoms with Crippen molar-refractivity contribution in [2.75, 3.05) is 27.2 Å². The van der Waals surface area contributed by atoms with Gasteiger partial charge < -0.3 is 9.64 Å². The van der Waals surface area contributed by atoms with Crippen molar-refractivity contribution in [2.24, 2.45) is 5.11 Å². The molecule has 0 aliphatic rings. The van der Waals surface area contributed by atoms with Crippen LogP contribution in [-0.2, 0) is 0 Å². The van der Waals surface area contributed by atoms with E-state index in [1.54, 1.807) is 0 Å². The molecule has 3 aromatic carbocycles. The van der Waals surface area contributed by atoms with Crippen molar-refractivity contribution in [3.8, 4) is 5.75 Å². The summed E-state index contributed by atoms with van der Waals surface area (Å²) >= 11 is 0. The lowest BCUT2D eigenvalue weighted by Crippen LogP contribution is -2.19. The maximum Gasteiger partial charge on any atom is 0.119 e. The molecule has 0 N–H and O–H groups in total. The van der Waals surface area contributed by atoms with Gasteiger partial charge in [0.2, 0.25) is 0 Å². The molecule has 3 aromatic rings. The van der Waals surface area contributed by atoms with Gasteiger partial charge in [-0.25, -0.2) is 0 Å². The zero-order valence-electron chi connectivity index (χ0n) is 18.3. The number of rotatable bonds is 9. The van der Waals surface area contributed by atoms with Gasteiger partial charge in [-0.15, -0.1) is 0 Å². The van der Waals surface area contributed by atoms with Gasteiger partial charge in [0.15, 0.2) is 0 Å². The van der Waals surface area contributed by atoms with E-state index in [-0.39, 0.29) is 6.04 Å². The summed E-state index contributed by atoms with van der Waals surface area (Å²) in [4.78, 5) is 5.17. The molecule has 0 saturated heterocycles. The summed E-state index contributed by atoms with van der Waals surface area (Å²) in [5.74, 6) is 0.836. The number of benzene rings is 3. The number of likely N-dealkylation sites (N-methyl/N-ethyl adjacent to an activating group) is 1. The average Bonchev–Trinajstić information content (AvgIpc) is 2.79. The molecule has 5 nitrogen and oxygen atoms in total. The Morgan fingerprint density at radius 2 is 1.42 bits per heavy atom. The Balaban J connectivity index is 2.12. The lowest BCUT2D eigenvalue weighted by Gasteiger charge is -2.20. The highest BCUT2D eigenvalue weighted by molar-refractivity contribution is 6.00. The van der Waals surface area contributed by atoms with Gasteiger partial charge in [-0.2, -0.15) is 0 Å². The molecule has 0 aliphatic carbocycles. The van der Waals surface area contributed by atoms with Crippen molar-refractivity contribution in [2.45, 2.75) is 13.0 Å². The summed E-state index contributed by atoms with van der Waals surface area (Å²) in [5, 5.41) is 4.04. The Labute approximate surface area is 184 Å². The first-order chi connectivity index (χ1) is 15.1. The van der Waals surface area contributed by atoms with Crippen molar-refractivity contribution < 1.29 is 4.74 Å². The quantitative estimate of drug-likeness (QED) is 0.180. The number of nitrogens with zero attached hydrogens (tertiary/aromatic N) is 4. The van der Waals surface area contributed by atoms with Gasteiger partial charge in [0.05, 0.1) is 6.04 Å². The molecule has 158 valence electrons. The highest BCUT2D eigenvalue weighted by atomic mass is 16.5. The summed E-state index contributed by atoms with van der Waals surface area (Å²) in [7, 11) is 4.05. The molecule has 5 heteroatoms. The fourth-order valence-corrected chi connectivity index (χ4v) is 3.49. The SMILES string of the molecule is CC(N=[N+]=[N-])/C(=C(\c1ccccc1)c1ccc(OCCN(C)C)cc1)c1ccccc1. The molecule has 0 heterocycles. The molecular formula is C26H28N4O. The molecule has 0 radical (unpaired) electrons. The van der Waals surface area contributed by atoms with Gasteiger partial charge in [0, 0.05) is 11.5 Å². The van der Waals surface area contributed by atoms with Gasteiger partial charge in [-0.3, -0.25) is 0 Å². The van der Waals surface area contributed by atoms with E-state index in [1.165, 1.54) is 0 Å². The van der Waals surface area contributed by atoms with Crippen LogP contribution in [0.3, 0.4) is 0 Å². The van der Waals surface area contributed by atoms with Gasteiger partial charge >= 0.3 is 0 Å². The monoisotopic (exact) mass is 412 g/mol. The number of azide groups is 1. The van der Waals surface area contributed by atoms with E-state index in [4.69, 9.17) is 10.3 Å². The Hall–Kier alpha value is -3.53. The molecule has 0 spiro atoms. The third kappa shape index (κ3) is 5.98. The molecule has 0 bridgehead atoms. The predicted molar refractivity (Wildman–Crippen MR) is 128 cm³/mol. The number of ether oxygens (including phenoxy) is 1. The lowest BCUT2D eigenvalue weighted by atomic mass is 9.86. The summed E-state index contributed by atoms with van der Waals surface area (Å²) < 4.78 is 5.86. The van der Waals surface area contributed by atoms with Crippen molar-refractivity contribution in [1.29, 1.82) is 0 Å². The number of hydrogen-bond donors (Lipinski definition) is 0. The van der Waals surface area contributed by atoms with Crippen LogP contribution < -0.4 is 4.74 Å². The first-order valence-corrected chi connectivity index (χ1v) is 10.4. The van der Waals surface area contributed by atoms with Crippen LogP contribution >= 0.6 is 0 Å². The highest BCUT2D eigenvalue weighted by Crippen LogP contribution is 2.36. The second kappa shape index (κ2) is 11.0. The van der Waals surface area contributed by atoms with Crippen molar-refractivity contribution in [1.82, 2.24) is 4.90 Å². The van der Waals surface area contributed by atoms with Crippen molar-refractivity contribution in [3.05, 3.63) is 112 Å². The minimum atomic E-state index is -0.335. The topological polar surface area (TPSA) is 61.2 Å². The molecule has 3 rings (SSSR count). The third-order valence-electron chi connectivity index (χ3n) is 5.01. The smallest absolute Gasteiger partial charge is 0.119 e. The fraction of sp³-hybridized carbons (Fsp3) is 0.231. The van der Waals surface area contributed by atoms with E-state index < -0.39 is 0 Å². The molecule has 0 aromatic heterocycles. The predicted octanol–water partition coefficient (Wildman–Crippen LogP) is 6.28. The molecule has 1 unspecified atom stereocenters. The van der Waals surface area contributed by atoms with Crippen LogP contribution in [0.15, 0.2) is 90.0 Å². The van der Waals surface area contributed by atoms with Crippen LogP contribution in [0.2, 0.25) is 0 Å². The van der Waals surface area contributed by atoms with E-state index in [0.717, 1.165) is 40.1 Å². The maximum atomic E-state index is 9.13. The summed E-state index contributed by atoms with van der Waals surface area (Å²) in [6, 6.07) is 28.1. The van der Waals surface area contributed by atoms with Crippen molar-refractivity contribution >= 4 is 11.1 Å². The molecule has 0 aliphatic heterocycles. The molecule has 0 amide bonds. The van der Waals surface area contributed by atoms with E-state index in [1.807, 2.05) is 69.6 Å². The Bertz CT molecular complexity index is 1040. The molecular weight excluding hydrogens is 384 g/mol. The van der Waals surface area contributed by atoms with Gasteiger partial charge in [0.1, 0.15) is 12.4 Å². The normalized spacial score (nSPS) is 12.6. The Morgan fingerprint density at radius 1 is 0.871 bits per heavy atom. The van der Waals surface area contributed by atoms with Crippen LogP contribution in [0.4, 0.5) is 0 Å². The summed E-state index contributed by atoms with van der Waals surface area (Å²) in [6.45, 7) is 3.43. The Morgan fingerprint density at radius 3 is 1.97 bits per heavy atom. The highest BCUT2D eigenvalue weighted by Gasteiger charge is 2.18. The van der Waals surface area contributed by atoms with Crippen LogP contribution in [0, 0.1) is 0 Å². The molecule has 0 fully saturated rings. The van der Waals surface area contributed by atoms with Gasteiger partial charge in [0.25, 0.3) is 0 Å². The second-order valence-corrected chi connectivity index (χ2v) is 7.58. The van der Waals surface area contributed by atoms with Crippen molar-refractivity contribution in [3.63, 3.8) is 0 Å². The molecule has 0 saturated carbocycles. The standard InChI is InChI=1S/C26H28N4O/c1-20(28-29-27)25(21-10-6-4-7-11-21)26(22-12-8-5-9-13-22)23-14-16-24(17-15-23)31-19-18-30(2)3/h4-17,20H,18-19H2,1-3H3/b26-25-. The third-order valence-corrected chi connectivity index (χ3v) is 5.01. The molecule has 1 atom stereocenters. The number of hydrogen-bond acceptors (Lipinski definition) is 3. The zero-order chi connectivity index (χ0) is 22.1. The van der Waals surface area contributed by atoms with E-state index in [0.29, 0.717) is 6.61 Å². The summed E-state index contributed by atoms with van der Waals surface area (Å²) in [5.41, 5.74) is 14.3. The second-order valence-electron chi connectivity index (χ2n) is 7.58. The van der Waals surface area contributed by atoms with Gasteiger partial charge in [-0.05, 0) is 59.6 Å². The van der Waals surface area contributed by atoms with Gasteiger partial charge in [-0.1, -0.05) is 84.8 Å². The van der Waals surface area contributed by atoms with E-state index >= 15 is 0 Å². The summed E-state index contributed by atoms with van der Waals surface area (Å²) in [6.07, 6.45) is 0. The largest absolute Gasteiger partial charge is 0.492 e. The van der Waals surface area contributed by atoms with Crippen LogP contribution in [-0.4, -0.2) is 38.2 Å². The van der Waals surface area contributed by atoms with Crippen LogP contribution in [0.25, 0.3) is 21.6 Å². The molecule has 31 heavy (non-hydrogen) atoms.